The van der Waals surface area contributed by atoms with Gasteiger partial charge in [-0.25, -0.2) is 0 Å². The Bertz CT molecular complexity index is 629. The summed E-state index contributed by atoms with van der Waals surface area (Å²) in [5.41, 5.74) is 2.51. The van der Waals surface area contributed by atoms with Gasteiger partial charge in [-0.1, -0.05) is 30.3 Å². The molecule has 0 radical (unpaired) electrons. The van der Waals surface area contributed by atoms with E-state index < -0.39 is 0 Å². The van der Waals surface area contributed by atoms with Gasteiger partial charge in [-0.2, -0.15) is 0 Å². The first-order chi connectivity index (χ1) is 10.7. The van der Waals surface area contributed by atoms with Gasteiger partial charge in [-0.15, -0.1) is 0 Å². The van der Waals surface area contributed by atoms with Crippen LogP contribution >= 0.6 is 0 Å². The fraction of sp³-hybridized carbons (Fsp3) is 0.235. The van der Waals surface area contributed by atoms with Crippen LogP contribution in [0.5, 0.6) is 5.75 Å². The largest absolute Gasteiger partial charge is 0.497 e. The van der Waals surface area contributed by atoms with E-state index in [9.17, 15) is 9.90 Å². The molecule has 0 fully saturated rings. The molecule has 2 aromatic carbocycles. The van der Waals surface area contributed by atoms with Gasteiger partial charge in [0.1, 0.15) is 5.75 Å². The molecule has 2 rings (SSSR count). The van der Waals surface area contributed by atoms with E-state index in [4.69, 9.17) is 4.74 Å². The van der Waals surface area contributed by atoms with Crippen molar-refractivity contribution < 1.29 is 14.6 Å². The minimum absolute atomic E-state index is 0.0609. The van der Waals surface area contributed by atoms with E-state index in [-0.39, 0.29) is 19.1 Å². The molecule has 3 N–H and O–H groups in total. The van der Waals surface area contributed by atoms with Crippen molar-refractivity contribution in [3.05, 3.63) is 59.7 Å². The number of hydrogen-bond acceptors (Lipinski definition) is 4. The molecule has 2 aromatic rings. The molecule has 0 atom stereocenters. The van der Waals surface area contributed by atoms with Crippen LogP contribution in [0.2, 0.25) is 0 Å². The SMILES string of the molecule is COc1cccc(CNC(=O)CNc2ccccc2CO)c1. The second-order valence-electron chi connectivity index (χ2n) is 4.80. The van der Waals surface area contributed by atoms with Crippen LogP contribution in [0.3, 0.4) is 0 Å². The second-order valence-corrected chi connectivity index (χ2v) is 4.80. The Morgan fingerprint density at radius 3 is 2.77 bits per heavy atom. The molecule has 0 saturated heterocycles. The molecule has 0 bridgehead atoms. The van der Waals surface area contributed by atoms with E-state index in [1.54, 1.807) is 7.11 Å². The average Bonchev–Trinajstić information content (AvgIpc) is 2.58. The summed E-state index contributed by atoms with van der Waals surface area (Å²) in [6.07, 6.45) is 0. The van der Waals surface area contributed by atoms with E-state index in [2.05, 4.69) is 10.6 Å². The third-order valence-corrected chi connectivity index (χ3v) is 3.25. The maximum absolute atomic E-state index is 11.9. The zero-order chi connectivity index (χ0) is 15.8. The highest BCUT2D eigenvalue weighted by molar-refractivity contribution is 5.80. The summed E-state index contributed by atoms with van der Waals surface area (Å²) < 4.78 is 5.14. The molecule has 22 heavy (non-hydrogen) atoms. The summed E-state index contributed by atoms with van der Waals surface area (Å²) in [7, 11) is 1.61. The summed E-state index contributed by atoms with van der Waals surface area (Å²) in [5.74, 6) is 0.650. The van der Waals surface area contributed by atoms with Crippen molar-refractivity contribution in [3.8, 4) is 5.75 Å². The van der Waals surface area contributed by atoms with Crippen LogP contribution in [-0.4, -0.2) is 24.7 Å². The average molecular weight is 300 g/mol. The topological polar surface area (TPSA) is 70.6 Å². The van der Waals surface area contributed by atoms with Crippen molar-refractivity contribution in [2.24, 2.45) is 0 Å². The maximum Gasteiger partial charge on any atom is 0.239 e. The van der Waals surface area contributed by atoms with E-state index in [0.717, 1.165) is 22.6 Å². The lowest BCUT2D eigenvalue weighted by atomic mass is 10.2. The Morgan fingerprint density at radius 1 is 1.18 bits per heavy atom. The van der Waals surface area contributed by atoms with E-state index in [1.165, 1.54) is 0 Å². The zero-order valence-corrected chi connectivity index (χ0v) is 12.5. The number of aliphatic hydroxyl groups is 1. The molecule has 0 aliphatic heterocycles. The minimum Gasteiger partial charge on any atom is -0.497 e. The number of aliphatic hydroxyl groups excluding tert-OH is 1. The Hall–Kier alpha value is -2.53. The smallest absolute Gasteiger partial charge is 0.239 e. The van der Waals surface area contributed by atoms with Crippen molar-refractivity contribution in [1.82, 2.24) is 5.32 Å². The molecule has 0 unspecified atom stereocenters. The summed E-state index contributed by atoms with van der Waals surface area (Å²) >= 11 is 0. The molecule has 5 heteroatoms. The number of anilines is 1. The monoisotopic (exact) mass is 300 g/mol. The fourth-order valence-corrected chi connectivity index (χ4v) is 2.05. The molecule has 0 aliphatic rings. The van der Waals surface area contributed by atoms with Crippen LogP contribution < -0.4 is 15.4 Å². The molecule has 0 aliphatic carbocycles. The number of methoxy groups -OCH3 is 1. The Labute approximate surface area is 129 Å². The van der Waals surface area contributed by atoms with E-state index in [0.29, 0.717) is 6.54 Å². The van der Waals surface area contributed by atoms with Crippen LogP contribution in [0, 0.1) is 0 Å². The van der Waals surface area contributed by atoms with Crippen LogP contribution in [0.1, 0.15) is 11.1 Å². The van der Waals surface area contributed by atoms with Crippen LogP contribution in [-0.2, 0) is 17.9 Å². The lowest BCUT2D eigenvalue weighted by molar-refractivity contribution is -0.119. The predicted octanol–water partition coefficient (Wildman–Crippen LogP) is 1.92. The summed E-state index contributed by atoms with van der Waals surface area (Å²) in [5, 5.41) is 15.1. The van der Waals surface area contributed by atoms with Gasteiger partial charge in [0.2, 0.25) is 5.91 Å². The van der Waals surface area contributed by atoms with Crippen molar-refractivity contribution in [2.45, 2.75) is 13.2 Å². The number of rotatable bonds is 7. The van der Waals surface area contributed by atoms with Gasteiger partial charge in [0.15, 0.2) is 0 Å². The highest BCUT2D eigenvalue weighted by Gasteiger charge is 2.04. The van der Waals surface area contributed by atoms with Crippen LogP contribution in [0.25, 0.3) is 0 Å². The molecule has 0 spiro atoms. The summed E-state index contributed by atoms with van der Waals surface area (Å²) in [6, 6.07) is 14.9. The standard InChI is InChI=1S/C17H20N2O3/c1-22-15-7-4-5-13(9-15)10-19-17(21)11-18-16-8-3-2-6-14(16)12-20/h2-9,18,20H,10-12H2,1H3,(H,19,21). The molecular formula is C17H20N2O3. The minimum atomic E-state index is -0.115. The first-order valence-corrected chi connectivity index (χ1v) is 7.05. The van der Waals surface area contributed by atoms with Gasteiger partial charge in [-0.3, -0.25) is 4.79 Å². The van der Waals surface area contributed by atoms with Gasteiger partial charge < -0.3 is 20.5 Å². The number of amides is 1. The number of ether oxygens (including phenoxy) is 1. The zero-order valence-electron chi connectivity index (χ0n) is 12.5. The van der Waals surface area contributed by atoms with Crippen LogP contribution in [0.15, 0.2) is 48.5 Å². The Kier molecular flexibility index (Phi) is 5.80. The predicted molar refractivity (Wildman–Crippen MR) is 85.7 cm³/mol. The Morgan fingerprint density at radius 2 is 2.00 bits per heavy atom. The number of hydrogen-bond donors (Lipinski definition) is 3. The van der Waals surface area contributed by atoms with Gasteiger partial charge >= 0.3 is 0 Å². The molecule has 0 saturated carbocycles. The van der Waals surface area contributed by atoms with Crippen LogP contribution in [0.4, 0.5) is 5.69 Å². The first kappa shape index (κ1) is 15.9. The number of carbonyl (C=O) groups is 1. The first-order valence-electron chi connectivity index (χ1n) is 7.05. The fourth-order valence-electron chi connectivity index (χ4n) is 2.05. The lowest BCUT2D eigenvalue weighted by Crippen LogP contribution is -2.29. The van der Waals surface area contributed by atoms with Gasteiger partial charge in [0.25, 0.3) is 0 Å². The van der Waals surface area contributed by atoms with Gasteiger partial charge in [0.05, 0.1) is 20.3 Å². The van der Waals surface area contributed by atoms with E-state index in [1.807, 2.05) is 48.5 Å². The van der Waals surface area contributed by atoms with Gasteiger partial charge in [0, 0.05) is 17.8 Å². The molecule has 0 aromatic heterocycles. The third kappa shape index (κ3) is 4.49. The quantitative estimate of drug-likeness (QED) is 0.730. The lowest BCUT2D eigenvalue weighted by Gasteiger charge is -2.11. The number of carbonyl (C=O) groups excluding carboxylic acids is 1. The van der Waals surface area contributed by atoms with Crippen molar-refractivity contribution >= 4 is 11.6 Å². The maximum atomic E-state index is 11.9. The molecule has 0 heterocycles. The van der Waals surface area contributed by atoms with E-state index >= 15 is 0 Å². The highest BCUT2D eigenvalue weighted by Crippen LogP contribution is 2.14. The normalized spacial score (nSPS) is 10.1. The molecule has 5 nitrogen and oxygen atoms in total. The molecule has 1 amide bonds. The van der Waals surface area contributed by atoms with Gasteiger partial charge in [-0.05, 0) is 23.8 Å². The number of para-hydroxylation sites is 1. The van der Waals surface area contributed by atoms with Crippen molar-refractivity contribution in [3.63, 3.8) is 0 Å². The number of benzene rings is 2. The van der Waals surface area contributed by atoms with Crippen molar-refractivity contribution in [1.29, 1.82) is 0 Å². The number of nitrogens with one attached hydrogen (secondary N) is 2. The summed E-state index contributed by atoms with van der Waals surface area (Å²) in [4.78, 5) is 11.9. The Balaban J connectivity index is 1.83. The molecular weight excluding hydrogens is 280 g/mol. The van der Waals surface area contributed by atoms with Crippen molar-refractivity contribution in [2.75, 3.05) is 19.0 Å². The highest BCUT2D eigenvalue weighted by atomic mass is 16.5. The molecule has 116 valence electrons. The third-order valence-electron chi connectivity index (χ3n) is 3.25. The second kappa shape index (κ2) is 8.05. The summed E-state index contributed by atoms with van der Waals surface area (Å²) in [6.45, 7) is 0.537.